The molecule has 1 saturated heterocycles. The first kappa shape index (κ1) is 27.6. The van der Waals surface area contributed by atoms with E-state index in [-0.39, 0.29) is 60.2 Å². The average molecular weight is 588 g/mol. The number of nitrogens with zero attached hydrogens (tertiary/aromatic N) is 4. The van der Waals surface area contributed by atoms with Gasteiger partial charge in [0, 0.05) is 24.6 Å². The topological polar surface area (TPSA) is 133 Å². The van der Waals surface area contributed by atoms with Crippen molar-refractivity contribution in [2.45, 2.75) is 58.8 Å². The number of hydrogen-bond donors (Lipinski definition) is 1. The van der Waals surface area contributed by atoms with Gasteiger partial charge in [0.2, 0.25) is 11.8 Å². The predicted octanol–water partition coefficient (Wildman–Crippen LogP) is 3.14. The molecule has 38 heavy (non-hydrogen) atoms. The molecule has 2 aromatic rings. The summed E-state index contributed by atoms with van der Waals surface area (Å²) in [6.07, 6.45) is 2.90. The highest BCUT2D eigenvalue weighted by atomic mass is 79.9. The zero-order valence-corrected chi connectivity index (χ0v) is 23.1. The summed E-state index contributed by atoms with van der Waals surface area (Å²) in [6.45, 7) is 9.06. The molecule has 1 N–H and O–H groups in total. The van der Waals surface area contributed by atoms with Gasteiger partial charge in [-0.05, 0) is 47.2 Å². The Kier molecular flexibility index (Phi) is 8.12. The number of esters is 1. The Balaban J connectivity index is 1.55. The van der Waals surface area contributed by atoms with Gasteiger partial charge in [-0.3, -0.25) is 14.4 Å². The van der Waals surface area contributed by atoms with E-state index in [0.717, 1.165) is 6.42 Å². The average Bonchev–Trinajstić information content (AvgIpc) is 3.19. The lowest BCUT2D eigenvalue weighted by Crippen LogP contribution is -2.47. The van der Waals surface area contributed by atoms with Gasteiger partial charge in [-0.1, -0.05) is 19.1 Å². The maximum absolute atomic E-state index is 13.6. The van der Waals surface area contributed by atoms with Crippen molar-refractivity contribution in [3.8, 4) is 0 Å². The molecule has 0 bridgehead atoms. The van der Waals surface area contributed by atoms with Crippen molar-refractivity contribution in [2.75, 3.05) is 18.5 Å². The number of pyridine rings is 1. The standard InChI is InChI=1S/C26H30BrN5O6/c1-5-9-37-14-16-7-8-21(27)28-23(16)29-24(35)19-11-26(4)12-20(26)32(19)22(34)13-31-18(25(36)38-6-2)10-17(30-31)15(3)33/h5,7-8,10,19-20H,1,6,9,11-14H2,2-4H3,(H,28,29,35)/t19-,20+,26-/m0/s1. The van der Waals surface area contributed by atoms with Crippen molar-refractivity contribution in [3.05, 3.63) is 52.4 Å². The summed E-state index contributed by atoms with van der Waals surface area (Å²) in [7, 11) is 0. The third kappa shape index (κ3) is 5.70. The van der Waals surface area contributed by atoms with E-state index in [0.29, 0.717) is 29.0 Å². The molecular weight excluding hydrogens is 558 g/mol. The van der Waals surface area contributed by atoms with E-state index >= 15 is 0 Å². The third-order valence-electron chi connectivity index (χ3n) is 6.82. The number of carbonyl (C=O) groups excluding carboxylic acids is 4. The largest absolute Gasteiger partial charge is 0.461 e. The van der Waals surface area contributed by atoms with Crippen LogP contribution in [0, 0.1) is 5.41 Å². The molecule has 12 heteroatoms. The van der Waals surface area contributed by atoms with Crippen LogP contribution in [0.25, 0.3) is 0 Å². The van der Waals surface area contributed by atoms with Crippen molar-refractivity contribution in [3.63, 3.8) is 0 Å². The van der Waals surface area contributed by atoms with Gasteiger partial charge in [0.15, 0.2) is 5.78 Å². The number of piperidine rings is 1. The molecule has 0 spiro atoms. The molecule has 3 heterocycles. The number of nitrogens with one attached hydrogen (secondary N) is 1. The first-order valence-electron chi connectivity index (χ1n) is 12.3. The van der Waals surface area contributed by atoms with E-state index in [2.05, 4.69) is 37.9 Å². The predicted molar refractivity (Wildman–Crippen MR) is 140 cm³/mol. The molecule has 2 aromatic heterocycles. The summed E-state index contributed by atoms with van der Waals surface area (Å²) in [5.74, 6) is -1.42. The van der Waals surface area contributed by atoms with E-state index in [1.807, 2.05) is 6.92 Å². The second kappa shape index (κ2) is 11.2. The lowest BCUT2D eigenvalue weighted by molar-refractivity contribution is -0.138. The van der Waals surface area contributed by atoms with Crippen LogP contribution in [0.2, 0.25) is 0 Å². The Morgan fingerprint density at radius 3 is 2.74 bits per heavy atom. The molecule has 3 atom stereocenters. The second-order valence-electron chi connectivity index (χ2n) is 9.68. The highest BCUT2D eigenvalue weighted by molar-refractivity contribution is 9.10. The maximum Gasteiger partial charge on any atom is 0.356 e. The summed E-state index contributed by atoms with van der Waals surface area (Å²) < 4.78 is 12.3. The number of fused-ring (bicyclic) bond motifs is 1. The lowest BCUT2D eigenvalue weighted by Gasteiger charge is -2.27. The van der Waals surface area contributed by atoms with Crippen LogP contribution < -0.4 is 5.32 Å². The normalized spacial score (nSPS) is 21.5. The van der Waals surface area contributed by atoms with Crippen molar-refractivity contribution >= 4 is 45.3 Å². The minimum atomic E-state index is -0.733. The van der Waals surface area contributed by atoms with Crippen LogP contribution in [0.5, 0.6) is 0 Å². The summed E-state index contributed by atoms with van der Waals surface area (Å²) in [4.78, 5) is 57.3. The number of anilines is 1. The molecule has 1 saturated carbocycles. The van der Waals surface area contributed by atoms with Crippen LogP contribution in [0.15, 0.2) is 35.5 Å². The number of likely N-dealkylation sites (tertiary alicyclic amines) is 1. The third-order valence-corrected chi connectivity index (χ3v) is 7.26. The molecule has 202 valence electrons. The molecule has 2 aliphatic rings. The first-order valence-corrected chi connectivity index (χ1v) is 13.1. The highest BCUT2D eigenvalue weighted by Gasteiger charge is 2.64. The van der Waals surface area contributed by atoms with Gasteiger partial charge in [0.25, 0.3) is 0 Å². The molecule has 11 nitrogen and oxygen atoms in total. The number of rotatable bonds is 11. The Labute approximate surface area is 228 Å². The molecule has 0 radical (unpaired) electrons. The minimum absolute atomic E-state index is 0.00617. The number of Topliss-reactive ketones (excluding diaryl/α,β-unsaturated/α-hetero) is 1. The van der Waals surface area contributed by atoms with Gasteiger partial charge in [-0.25, -0.2) is 14.5 Å². The van der Waals surface area contributed by atoms with E-state index < -0.39 is 12.0 Å². The molecular formula is C26H30BrN5O6. The zero-order valence-electron chi connectivity index (χ0n) is 21.5. The van der Waals surface area contributed by atoms with Crippen LogP contribution in [-0.4, -0.2) is 68.5 Å². The number of aromatic nitrogens is 3. The maximum atomic E-state index is 13.6. The minimum Gasteiger partial charge on any atom is -0.461 e. The monoisotopic (exact) mass is 587 g/mol. The lowest BCUT2D eigenvalue weighted by atomic mass is 10.0. The van der Waals surface area contributed by atoms with Crippen LogP contribution in [0.3, 0.4) is 0 Å². The summed E-state index contributed by atoms with van der Waals surface area (Å²) in [5.41, 5.74) is 0.575. The quantitative estimate of drug-likeness (QED) is 0.139. The molecule has 4 rings (SSSR count). The molecule has 0 unspecified atom stereocenters. The fraction of sp³-hybridized carbons (Fsp3) is 0.462. The van der Waals surface area contributed by atoms with E-state index in [1.165, 1.54) is 17.7 Å². The molecule has 1 aliphatic carbocycles. The second-order valence-corrected chi connectivity index (χ2v) is 10.5. The van der Waals surface area contributed by atoms with Crippen LogP contribution >= 0.6 is 15.9 Å². The Morgan fingerprint density at radius 2 is 2.05 bits per heavy atom. The van der Waals surface area contributed by atoms with Crippen molar-refractivity contribution in [2.24, 2.45) is 5.41 Å². The van der Waals surface area contributed by atoms with Crippen LogP contribution in [0.1, 0.15) is 60.2 Å². The fourth-order valence-electron chi connectivity index (χ4n) is 4.79. The smallest absolute Gasteiger partial charge is 0.356 e. The van der Waals surface area contributed by atoms with E-state index in [4.69, 9.17) is 9.47 Å². The number of halogens is 1. The Morgan fingerprint density at radius 1 is 1.29 bits per heavy atom. The number of hydrogen-bond acceptors (Lipinski definition) is 8. The molecule has 2 fully saturated rings. The van der Waals surface area contributed by atoms with Gasteiger partial charge < -0.3 is 19.7 Å². The van der Waals surface area contributed by atoms with Gasteiger partial charge in [0.1, 0.15) is 34.4 Å². The highest BCUT2D eigenvalue weighted by Crippen LogP contribution is 2.59. The Bertz CT molecular complexity index is 1290. The van der Waals surface area contributed by atoms with E-state index in [1.54, 1.807) is 30.0 Å². The first-order chi connectivity index (χ1) is 18.1. The zero-order chi connectivity index (χ0) is 27.6. The number of ketones is 1. The van der Waals surface area contributed by atoms with Crippen molar-refractivity contribution < 1.29 is 28.7 Å². The molecule has 0 aromatic carbocycles. The SMILES string of the molecule is C=CCOCc1ccc(Br)nc1NC(=O)[C@@H]1C[C@@]2(C)C[C@H]2N1C(=O)Cn1nc(C(C)=O)cc1C(=O)OCC. The van der Waals surface area contributed by atoms with Crippen LogP contribution in [-0.2, 0) is 32.2 Å². The van der Waals surface area contributed by atoms with Gasteiger partial charge in [0.05, 0.1) is 19.8 Å². The van der Waals surface area contributed by atoms with Crippen LogP contribution in [0.4, 0.5) is 5.82 Å². The number of amides is 2. The van der Waals surface area contributed by atoms with Gasteiger partial charge >= 0.3 is 5.97 Å². The number of carbonyl (C=O) groups is 4. The van der Waals surface area contributed by atoms with E-state index in [9.17, 15) is 19.2 Å². The molecule has 1 aliphatic heterocycles. The number of ether oxygens (including phenoxy) is 2. The van der Waals surface area contributed by atoms with Crippen molar-refractivity contribution in [1.82, 2.24) is 19.7 Å². The molecule has 2 amide bonds. The summed E-state index contributed by atoms with van der Waals surface area (Å²) in [6, 6.07) is 4.03. The van der Waals surface area contributed by atoms with Gasteiger partial charge in [-0.15, -0.1) is 6.58 Å². The fourth-order valence-corrected chi connectivity index (χ4v) is 5.10. The van der Waals surface area contributed by atoms with Crippen molar-refractivity contribution in [1.29, 1.82) is 0 Å². The van der Waals surface area contributed by atoms with Gasteiger partial charge in [-0.2, -0.15) is 5.10 Å². The Hall–Kier alpha value is -3.38. The summed E-state index contributed by atoms with van der Waals surface area (Å²) >= 11 is 3.34. The summed E-state index contributed by atoms with van der Waals surface area (Å²) in [5, 5.41) is 7.03.